The van der Waals surface area contributed by atoms with Crippen molar-refractivity contribution in [1.82, 2.24) is 15.0 Å². The predicted octanol–water partition coefficient (Wildman–Crippen LogP) is 17.2. The summed E-state index contributed by atoms with van der Waals surface area (Å²) >= 11 is 5.46. The fraction of sp³-hybridized carbons (Fsp3) is 0. The molecule has 0 atom stereocenters. The van der Waals surface area contributed by atoms with Crippen LogP contribution in [0.1, 0.15) is 0 Å². The zero-order valence-corrected chi connectivity index (χ0v) is 36.3. The summed E-state index contributed by atoms with van der Waals surface area (Å²) in [5.41, 5.74) is 9.19. The fourth-order valence-electron chi connectivity index (χ4n) is 9.58. The number of furan rings is 1. The maximum absolute atomic E-state index is 6.64. The minimum atomic E-state index is 0.602. The largest absolute Gasteiger partial charge is 0.456 e. The molecule has 0 saturated carbocycles. The Bertz CT molecular complexity index is 4080. The van der Waals surface area contributed by atoms with E-state index < -0.39 is 0 Å². The first-order valence-electron chi connectivity index (χ1n) is 21.2. The molecular weight excluding hydrogens is 839 g/mol. The highest BCUT2D eigenvalue weighted by Crippen LogP contribution is 2.47. The summed E-state index contributed by atoms with van der Waals surface area (Å²) in [6, 6.07) is 67.2. The van der Waals surface area contributed by atoms with Crippen LogP contribution in [0.25, 0.3) is 139 Å². The molecule has 0 saturated heterocycles. The Labute approximate surface area is 378 Å². The minimum Gasteiger partial charge on any atom is -0.456 e. The van der Waals surface area contributed by atoms with E-state index in [1.165, 1.54) is 77.2 Å². The van der Waals surface area contributed by atoms with E-state index in [1.54, 1.807) is 22.7 Å². The number of aromatic nitrogens is 3. The van der Waals surface area contributed by atoms with E-state index in [2.05, 4.69) is 176 Å². The molecule has 0 unspecified atom stereocenters. The molecule has 14 rings (SSSR count). The van der Waals surface area contributed by atoms with Crippen LogP contribution >= 0.6 is 34.0 Å². The molecule has 7 heteroatoms. The van der Waals surface area contributed by atoms with Gasteiger partial charge in [-0.25, -0.2) is 15.0 Å². The lowest BCUT2D eigenvalue weighted by molar-refractivity contribution is 0.669. The van der Waals surface area contributed by atoms with Crippen LogP contribution in [-0.4, -0.2) is 15.0 Å². The Hall–Kier alpha value is -7.55. The Balaban J connectivity index is 0.982. The van der Waals surface area contributed by atoms with Gasteiger partial charge in [-0.3, -0.25) is 0 Å². The quantitative estimate of drug-likeness (QED) is 0.173. The molecule has 0 aliphatic carbocycles. The van der Waals surface area contributed by atoms with Crippen LogP contribution in [0, 0.1) is 0 Å². The lowest BCUT2D eigenvalue weighted by Crippen LogP contribution is -2.00. The van der Waals surface area contributed by atoms with Gasteiger partial charge in [-0.2, -0.15) is 0 Å². The lowest BCUT2D eigenvalue weighted by atomic mass is 9.94. The van der Waals surface area contributed by atoms with Crippen molar-refractivity contribution >= 4 is 116 Å². The first kappa shape index (κ1) is 36.0. The van der Waals surface area contributed by atoms with Crippen molar-refractivity contribution in [2.45, 2.75) is 0 Å². The van der Waals surface area contributed by atoms with Crippen molar-refractivity contribution in [3.05, 3.63) is 188 Å². The average Bonchev–Trinajstić information content (AvgIpc) is 4.13. The standard InChI is InChI=1S/C57H31N3OS3/c1-2-11-32(12-3-1)37-27-26-36(53-42-15-6-9-20-49(42)64-54(37)53)33-23-28-45-44(29-33)52-43(16-10-17-46(52)61-45)57-59-55(34-21-24-40-38-13-4-7-18-47(38)62-50(40)30-34)58-56(60-57)35-22-25-41-39-14-5-8-19-48(39)63-51(41)31-35/h1-31H. The Morgan fingerprint density at radius 1 is 0.297 bits per heavy atom. The first-order chi connectivity index (χ1) is 31.7. The van der Waals surface area contributed by atoms with E-state index in [9.17, 15) is 0 Å². The number of hydrogen-bond donors (Lipinski definition) is 0. The maximum atomic E-state index is 6.64. The molecule has 5 aromatic heterocycles. The van der Waals surface area contributed by atoms with Gasteiger partial charge in [0, 0.05) is 88.0 Å². The first-order valence-corrected chi connectivity index (χ1v) is 23.7. The second-order valence-electron chi connectivity index (χ2n) is 16.2. The number of thiophene rings is 3. The van der Waals surface area contributed by atoms with Gasteiger partial charge in [-0.05, 0) is 70.8 Å². The third-order valence-electron chi connectivity index (χ3n) is 12.6. The van der Waals surface area contributed by atoms with Crippen molar-refractivity contribution in [1.29, 1.82) is 0 Å². The van der Waals surface area contributed by atoms with Crippen molar-refractivity contribution in [3.63, 3.8) is 0 Å². The van der Waals surface area contributed by atoms with Gasteiger partial charge in [0.25, 0.3) is 0 Å². The summed E-state index contributed by atoms with van der Waals surface area (Å²) in [5, 5.41) is 9.54. The van der Waals surface area contributed by atoms with Crippen molar-refractivity contribution in [2.24, 2.45) is 0 Å². The Morgan fingerprint density at radius 3 is 1.55 bits per heavy atom. The molecule has 0 fully saturated rings. The molecule has 0 spiro atoms. The molecule has 5 heterocycles. The zero-order valence-electron chi connectivity index (χ0n) is 33.9. The highest BCUT2D eigenvalue weighted by Gasteiger charge is 2.21. The summed E-state index contributed by atoms with van der Waals surface area (Å²) in [7, 11) is 0. The molecule has 0 N–H and O–H groups in total. The molecule has 14 aromatic rings. The van der Waals surface area contributed by atoms with E-state index in [1.807, 2.05) is 23.5 Å². The summed E-state index contributed by atoms with van der Waals surface area (Å²) in [6.07, 6.45) is 0. The van der Waals surface area contributed by atoms with E-state index in [0.717, 1.165) is 44.2 Å². The second kappa shape index (κ2) is 14.0. The van der Waals surface area contributed by atoms with Crippen LogP contribution in [0.5, 0.6) is 0 Å². The van der Waals surface area contributed by atoms with Crippen LogP contribution in [-0.2, 0) is 0 Å². The second-order valence-corrected chi connectivity index (χ2v) is 19.5. The average molecular weight is 870 g/mol. The fourth-order valence-corrected chi connectivity index (χ4v) is 13.1. The molecular formula is C57H31N3OS3. The highest BCUT2D eigenvalue weighted by atomic mass is 32.1. The summed E-state index contributed by atoms with van der Waals surface area (Å²) < 4.78 is 14.1. The monoisotopic (exact) mass is 869 g/mol. The number of fused-ring (bicyclic) bond motifs is 12. The summed E-state index contributed by atoms with van der Waals surface area (Å²) in [5.74, 6) is 1.86. The predicted molar refractivity (Wildman–Crippen MR) is 273 cm³/mol. The molecule has 4 nitrogen and oxygen atoms in total. The smallest absolute Gasteiger partial charge is 0.164 e. The topological polar surface area (TPSA) is 51.8 Å². The van der Waals surface area contributed by atoms with Crippen LogP contribution < -0.4 is 0 Å². The number of benzene rings is 9. The van der Waals surface area contributed by atoms with Crippen LogP contribution in [0.4, 0.5) is 0 Å². The van der Waals surface area contributed by atoms with Gasteiger partial charge < -0.3 is 4.42 Å². The Kier molecular flexibility index (Phi) is 7.86. The highest BCUT2D eigenvalue weighted by molar-refractivity contribution is 7.27. The van der Waals surface area contributed by atoms with E-state index in [0.29, 0.717) is 17.5 Å². The van der Waals surface area contributed by atoms with Crippen LogP contribution in [0.15, 0.2) is 192 Å². The summed E-state index contributed by atoms with van der Waals surface area (Å²) in [6.45, 7) is 0. The van der Waals surface area contributed by atoms with Crippen molar-refractivity contribution in [2.75, 3.05) is 0 Å². The van der Waals surface area contributed by atoms with Gasteiger partial charge in [0.2, 0.25) is 0 Å². The number of hydrogen-bond acceptors (Lipinski definition) is 7. The van der Waals surface area contributed by atoms with Crippen LogP contribution in [0.3, 0.4) is 0 Å². The molecule has 0 radical (unpaired) electrons. The van der Waals surface area contributed by atoms with Crippen molar-refractivity contribution < 1.29 is 4.42 Å². The Morgan fingerprint density at radius 2 is 0.859 bits per heavy atom. The molecule has 0 amide bonds. The third-order valence-corrected chi connectivity index (χ3v) is 16.0. The lowest BCUT2D eigenvalue weighted by Gasteiger charge is -2.11. The number of nitrogens with zero attached hydrogens (tertiary/aromatic N) is 3. The third kappa shape index (κ3) is 5.55. The molecule has 0 aliphatic heterocycles. The van der Waals surface area contributed by atoms with Gasteiger partial charge in [-0.1, -0.05) is 140 Å². The SMILES string of the molecule is c1ccc(-c2ccc(-c3ccc4oc5cccc(-c6nc(-c7ccc8c(c7)sc7ccccc78)nc(-c7ccc8c(c7)sc7ccccc78)n6)c5c4c3)c3c2sc2ccccc23)cc1. The molecule has 0 aliphatic rings. The van der Waals surface area contributed by atoms with Crippen LogP contribution in [0.2, 0.25) is 0 Å². The van der Waals surface area contributed by atoms with Gasteiger partial charge in [-0.15, -0.1) is 34.0 Å². The van der Waals surface area contributed by atoms with Gasteiger partial charge in [0.05, 0.1) is 0 Å². The molecule has 0 bridgehead atoms. The van der Waals surface area contributed by atoms with E-state index in [-0.39, 0.29) is 0 Å². The van der Waals surface area contributed by atoms with E-state index in [4.69, 9.17) is 19.4 Å². The molecule has 298 valence electrons. The normalized spacial score (nSPS) is 12.1. The zero-order chi connectivity index (χ0) is 41.9. The maximum Gasteiger partial charge on any atom is 0.164 e. The van der Waals surface area contributed by atoms with Gasteiger partial charge >= 0.3 is 0 Å². The van der Waals surface area contributed by atoms with E-state index >= 15 is 0 Å². The van der Waals surface area contributed by atoms with Gasteiger partial charge in [0.1, 0.15) is 11.2 Å². The summed E-state index contributed by atoms with van der Waals surface area (Å²) in [4.78, 5) is 15.9. The molecule has 9 aromatic carbocycles. The van der Waals surface area contributed by atoms with Gasteiger partial charge in [0.15, 0.2) is 17.5 Å². The number of rotatable bonds is 5. The minimum absolute atomic E-state index is 0.602. The molecule has 64 heavy (non-hydrogen) atoms. The van der Waals surface area contributed by atoms with Crippen molar-refractivity contribution in [3.8, 4) is 56.4 Å².